The topological polar surface area (TPSA) is 80.1 Å². The summed E-state index contributed by atoms with van der Waals surface area (Å²) in [6.07, 6.45) is 4.40. The molecule has 1 fully saturated rings. The van der Waals surface area contributed by atoms with Gasteiger partial charge in [0.25, 0.3) is 0 Å². The van der Waals surface area contributed by atoms with Crippen molar-refractivity contribution in [2.45, 2.75) is 78.3 Å². The molecule has 0 unspecified atom stereocenters. The zero-order chi connectivity index (χ0) is 19.5. The molecule has 1 N–H and O–H groups in total. The van der Waals surface area contributed by atoms with E-state index in [1.807, 2.05) is 15.8 Å². The number of hydrogen-bond donors (Lipinski definition) is 1. The van der Waals surface area contributed by atoms with Crippen molar-refractivity contribution in [3.63, 3.8) is 0 Å². The molecule has 1 aliphatic heterocycles. The summed E-state index contributed by atoms with van der Waals surface area (Å²) in [5.74, 6) is 0.219. The highest BCUT2D eigenvalue weighted by Gasteiger charge is 2.30. The summed E-state index contributed by atoms with van der Waals surface area (Å²) in [6, 6.07) is -0.158. The zero-order valence-electron chi connectivity index (χ0n) is 17.0. The van der Waals surface area contributed by atoms with Crippen LogP contribution in [0.3, 0.4) is 0 Å². The average Bonchev–Trinajstić information content (AvgIpc) is 3.03. The van der Waals surface area contributed by atoms with Gasteiger partial charge < -0.3 is 10.2 Å². The van der Waals surface area contributed by atoms with E-state index in [9.17, 15) is 9.59 Å². The largest absolute Gasteiger partial charge is 0.345 e. The maximum atomic E-state index is 12.8. The Morgan fingerprint density at radius 3 is 2.35 bits per heavy atom. The highest BCUT2D eigenvalue weighted by atomic mass is 16.2. The van der Waals surface area contributed by atoms with Crippen molar-refractivity contribution in [2.75, 3.05) is 13.1 Å². The first-order valence-electron chi connectivity index (χ1n) is 9.56. The summed E-state index contributed by atoms with van der Waals surface area (Å²) in [5, 5.41) is 11.4. The average molecular weight is 364 g/mol. The van der Waals surface area contributed by atoms with Gasteiger partial charge in [0.05, 0.1) is 11.7 Å². The van der Waals surface area contributed by atoms with Crippen LogP contribution in [-0.2, 0) is 15.0 Å². The van der Waals surface area contributed by atoms with Crippen LogP contribution in [0.5, 0.6) is 0 Å². The molecule has 26 heavy (non-hydrogen) atoms. The van der Waals surface area contributed by atoms with Crippen LogP contribution in [0.1, 0.15) is 72.5 Å². The number of nitrogens with zero attached hydrogens (tertiary/aromatic N) is 4. The van der Waals surface area contributed by atoms with Gasteiger partial charge in [0, 0.05) is 31.6 Å². The van der Waals surface area contributed by atoms with Crippen LogP contribution in [0.25, 0.3) is 0 Å². The molecule has 0 radical (unpaired) electrons. The lowest BCUT2D eigenvalue weighted by molar-refractivity contribution is -0.137. The van der Waals surface area contributed by atoms with Crippen molar-refractivity contribution < 1.29 is 9.59 Å². The molecule has 1 aromatic rings. The van der Waals surface area contributed by atoms with E-state index in [0.717, 1.165) is 18.5 Å². The fraction of sp³-hybridized carbons (Fsp3) is 0.789. The Morgan fingerprint density at radius 1 is 1.27 bits per heavy atom. The van der Waals surface area contributed by atoms with Crippen molar-refractivity contribution in [3.05, 3.63) is 11.9 Å². The molecule has 1 aromatic heterocycles. The Bertz CT molecular complexity index is 624. The number of likely N-dealkylation sites (tertiary alicyclic amines) is 1. The van der Waals surface area contributed by atoms with Crippen molar-refractivity contribution in [2.24, 2.45) is 5.92 Å². The predicted molar refractivity (Wildman–Crippen MR) is 101 cm³/mol. The van der Waals surface area contributed by atoms with Crippen LogP contribution in [0, 0.1) is 5.92 Å². The van der Waals surface area contributed by atoms with E-state index in [1.54, 1.807) is 0 Å². The molecule has 0 aliphatic carbocycles. The molecule has 1 atom stereocenters. The summed E-state index contributed by atoms with van der Waals surface area (Å²) in [7, 11) is 0. The summed E-state index contributed by atoms with van der Waals surface area (Å²) in [4.78, 5) is 26.1. The van der Waals surface area contributed by atoms with Gasteiger partial charge in [0.15, 0.2) is 0 Å². The molecular formula is C19H33N5O2. The predicted octanol–water partition coefficient (Wildman–Crippen LogP) is 2.29. The molecule has 0 aromatic carbocycles. The number of aromatic nitrogens is 3. The van der Waals surface area contributed by atoms with Crippen LogP contribution in [0.4, 0.5) is 0 Å². The molecule has 2 heterocycles. The third kappa shape index (κ3) is 5.29. The van der Waals surface area contributed by atoms with Crippen molar-refractivity contribution in [1.29, 1.82) is 0 Å². The number of hydrogen-bond acceptors (Lipinski definition) is 4. The zero-order valence-corrected chi connectivity index (χ0v) is 17.0. The molecule has 7 nitrogen and oxygen atoms in total. The number of piperidine rings is 1. The fourth-order valence-electron chi connectivity index (χ4n) is 3.31. The second-order valence-corrected chi connectivity index (χ2v) is 8.77. The number of carbonyl (C=O) groups is 2. The first kappa shape index (κ1) is 20.4. The molecule has 0 spiro atoms. The van der Waals surface area contributed by atoms with Crippen LogP contribution >= 0.6 is 0 Å². The van der Waals surface area contributed by atoms with E-state index in [-0.39, 0.29) is 23.3 Å². The quantitative estimate of drug-likeness (QED) is 0.870. The van der Waals surface area contributed by atoms with Crippen LogP contribution in [0.2, 0.25) is 0 Å². The maximum Gasteiger partial charge on any atom is 0.245 e. The van der Waals surface area contributed by atoms with E-state index in [1.165, 1.54) is 6.92 Å². The van der Waals surface area contributed by atoms with Crippen molar-refractivity contribution in [3.8, 4) is 0 Å². The summed E-state index contributed by atoms with van der Waals surface area (Å²) < 4.78 is 1.95. The molecule has 1 aliphatic rings. The Balaban J connectivity index is 1.97. The Labute approximate surface area is 156 Å². The molecule has 1 saturated heterocycles. The summed E-state index contributed by atoms with van der Waals surface area (Å²) >= 11 is 0. The van der Waals surface area contributed by atoms with Gasteiger partial charge in [-0.3, -0.25) is 9.59 Å². The van der Waals surface area contributed by atoms with Gasteiger partial charge in [-0.1, -0.05) is 39.8 Å². The van der Waals surface area contributed by atoms with E-state index in [0.29, 0.717) is 25.4 Å². The molecule has 2 amide bonds. The highest BCUT2D eigenvalue weighted by Crippen LogP contribution is 2.25. The minimum atomic E-state index is -0.428. The molecule has 0 bridgehead atoms. The normalized spacial score (nSPS) is 17.4. The maximum absolute atomic E-state index is 12.8. The lowest BCUT2D eigenvalue weighted by Crippen LogP contribution is -2.51. The summed E-state index contributed by atoms with van der Waals surface area (Å²) in [6.45, 7) is 13.3. The van der Waals surface area contributed by atoms with Gasteiger partial charge in [0.1, 0.15) is 6.04 Å². The fourth-order valence-corrected chi connectivity index (χ4v) is 3.31. The standard InChI is InChI=1S/C19H33N5O2/c1-13(2)11-16(20-14(3)25)18(26)23-9-7-15(8-10-23)24-12-17(21-22-24)19(4,5)6/h12-13,15-16H,7-11H2,1-6H3,(H,20,25)/t16-/m0/s1. The van der Waals surface area contributed by atoms with Gasteiger partial charge in [-0.2, -0.15) is 0 Å². The molecule has 2 rings (SSSR count). The second kappa shape index (κ2) is 8.18. The van der Waals surface area contributed by atoms with Gasteiger partial charge in [-0.05, 0) is 25.2 Å². The SMILES string of the molecule is CC(=O)N[C@@H](CC(C)C)C(=O)N1CCC(n2cc(C(C)(C)C)nn2)CC1. The minimum absolute atomic E-state index is 0.0165. The number of nitrogens with one attached hydrogen (secondary N) is 1. The van der Waals surface area contributed by atoms with E-state index < -0.39 is 6.04 Å². The molecular weight excluding hydrogens is 330 g/mol. The lowest BCUT2D eigenvalue weighted by Gasteiger charge is -2.34. The van der Waals surface area contributed by atoms with Crippen molar-refractivity contribution >= 4 is 11.8 Å². The molecule has 7 heteroatoms. The Hall–Kier alpha value is -1.92. The third-order valence-electron chi connectivity index (χ3n) is 4.81. The van der Waals surface area contributed by atoms with Gasteiger partial charge in [0.2, 0.25) is 11.8 Å². The lowest BCUT2D eigenvalue weighted by atomic mass is 9.93. The van der Waals surface area contributed by atoms with Gasteiger partial charge in [-0.15, -0.1) is 5.10 Å². The molecule has 146 valence electrons. The van der Waals surface area contributed by atoms with E-state index >= 15 is 0 Å². The second-order valence-electron chi connectivity index (χ2n) is 8.77. The van der Waals surface area contributed by atoms with Gasteiger partial charge in [-0.25, -0.2) is 4.68 Å². The third-order valence-corrected chi connectivity index (χ3v) is 4.81. The van der Waals surface area contributed by atoms with Crippen LogP contribution < -0.4 is 5.32 Å². The Morgan fingerprint density at radius 2 is 1.88 bits per heavy atom. The van der Waals surface area contributed by atoms with E-state index in [4.69, 9.17) is 0 Å². The first-order valence-corrected chi connectivity index (χ1v) is 9.56. The Kier molecular flexibility index (Phi) is 6.42. The minimum Gasteiger partial charge on any atom is -0.345 e. The van der Waals surface area contributed by atoms with Crippen molar-refractivity contribution in [1.82, 2.24) is 25.2 Å². The smallest absolute Gasteiger partial charge is 0.245 e. The van der Waals surface area contributed by atoms with Gasteiger partial charge >= 0.3 is 0 Å². The van der Waals surface area contributed by atoms with E-state index in [2.05, 4.69) is 50.2 Å². The highest BCUT2D eigenvalue weighted by molar-refractivity contribution is 5.86. The number of rotatable bonds is 5. The number of carbonyl (C=O) groups excluding carboxylic acids is 2. The molecule has 0 saturated carbocycles. The first-order chi connectivity index (χ1) is 12.1. The summed E-state index contributed by atoms with van der Waals surface area (Å²) in [5.41, 5.74) is 0.968. The van der Waals surface area contributed by atoms with Crippen LogP contribution in [-0.4, -0.2) is 50.8 Å². The van der Waals surface area contributed by atoms with Crippen LogP contribution in [0.15, 0.2) is 6.20 Å². The number of amides is 2. The monoisotopic (exact) mass is 363 g/mol.